The highest BCUT2D eigenvalue weighted by atomic mass is 32.2. The fourth-order valence-corrected chi connectivity index (χ4v) is 5.50. The molecule has 0 unspecified atom stereocenters. The molecular formula is C24H24N4O6S. The molecule has 1 aromatic heterocycles. The molecule has 2 heterocycles. The van der Waals surface area contributed by atoms with Crippen molar-refractivity contribution in [2.75, 3.05) is 26.2 Å². The van der Waals surface area contributed by atoms with Crippen molar-refractivity contribution < 1.29 is 18.1 Å². The third kappa shape index (κ3) is 5.15. The Bertz CT molecular complexity index is 1440. The first-order chi connectivity index (χ1) is 16.7. The second kappa shape index (κ2) is 9.80. The van der Waals surface area contributed by atoms with Crippen molar-refractivity contribution in [3.63, 3.8) is 0 Å². The quantitative estimate of drug-likeness (QED) is 0.381. The Balaban J connectivity index is 1.47. The molecule has 0 N–H and O–H groups in total. The molecule has 1 aliphatic rings. The van der Waals surface area contributed by atoms with E-state index in [-0.39, 0.29) is 42.3 Å². The number of aryl methyl sites for hydroxylation is 1. The second-order valence-corrected chi connectivity index (χ2v) is 10.2. The molecule has 3 aromatic rings. The van der Waals surface area contributed by atoms with Gasteiger partial charge in [-0.25, -0.2) is 8.42 Å². The molecule has 10 nitrogen and oxygen atoms in total. The standard InChI is InChI=1S/C24H24N4O6S/c1-18-5-2-6-19(15-18)17-26-10-4-9-22(24(26)30)23(29)25-11-13-27(14-12-25)35(33,34)21-8-3-7-20(16-21)28(31)32/h2-10,15-16H,11-14,17H2,1H3. The first kappa shape index (κ1) is 24.3. The number of non-ortho nitro benzene ring substituents is 1. The first-order valence-electron chi connectivity index (χ1n) is 11.0. The first-order valence-corrected chi connectivity index (χ1v) is 12.4. The SMILES string of the molecule is Cc1cccc(Cn2cccc(C(=O)N3CCN(S(=O)(=O)c4cccc([N+](=O)[O-])c4)CC3)c2=O)c1. The highest BCUT2D eigenvalue weighted by Gasteiger charge is 2.32. The summed E-state index contributed by atoms with van der Waals surface area (Å²) >= 11 is 0. The molecule has 0 atom stereocenters. The van der Waals surface area contributed by atoms with Crippen LogP contribution in [0.5, 0.6) is 0 Å². The van der Waals surface area contributed by atoms with Crippen molar-refractivity contribution in [2.24, 2.45) is 0 Å². The molecule has 1 amide bonds. The van der Waals surface area contributed by atoms with E-state index in [0.717, 1.165) is 17.2 Å². The van der Waals surface area contributed by atoms with Crippen LogP contribution in [-0.2, 0) is 16.6 Å². The van der Waals surface area contributed by atoms with Crippen LogP contribution in [0.25, 0.3) is 0 Å². The van der Waals surface area contributed by atoms with Gasteiger partial charge in [0.25, 0.3) is 17.2 Å². The van der Waals surface area contributed by atoms with Crippen LogP contribution in [0.4, 0.5) is 5.69 Å². The van der Waals surface area contributed by atoms with Crippen molar-refractivity contribution in [3.8, 4) is 0 Å². The van der Waals surface area contributed by atoms with Crippen LogP contribution in [0.3, 0.4) is 0 Å². The average molecular weight is 497 g/mol. The monoisotopic (exact) mass is 496 g/mol. The van der Waals surface area contributed by atoms with Gasteiger partial charge in [-0.15, -0.1) is 0 Å². The van der Waals surface area contributed by atoms with Crippen LogP contribution >= 0.6 is 0 Å². The second-order valence-electron chi connectivity index (χ2n) is 8.29. The summed E-state index contributed by atoms with van der Waals surface area (Å²) in [5.41, 5.74) is 1.31. The molecular weight excluding hydrogens is 472 g/mol. The number of aromatic nitrogens is 1. The van der Waals surface area contributed by atoms with E-state index in [9.17, 15) is 28.1 Å². The maximum absolute atomic E-state index is 13.1. The van der Waals surface area contributed by atoms with E-state index in [1.54, 1.807) is 12.3 Å². The van der Waals surface area contributed by atoms with Crippen LogP contribution in [0.1, 0.15) is 21.5 Å². The molecule has 2 aromatic carbocycles. The van der Waals surface area contributed by atoms with Crippen LogP contribution < -0.4 is 5.56 Å². The Kier molecular flexibility index (Phi) is 6.81. The molecule has 1 saturated heterocycles. The molecule has 0 saturated carbocycles. The summed E-state index contributed by atoms with van der Waals surface area (Å²) in [5.74, 6) is -0.457. The third-order valence-electron chi connectivity index (χ3n) is 5.88. The van der Waals surface area contributed by atoms with E-state index in [1.165, 1.54) is 38.0 Å². The van der Waals surface area contributed by atoms with E-state index >= 15 is 0 Å². The fourth-order valence-electron chi connectivity index (χ4n) is 4.04. The van der Waals surface area contributed by atoms with E-state index < -0.39 is 26.4 Å². The van der Waals surface area contributed by atoms with Crippen molar-refractivity contribution in [1.82, 2.24) is 13.8 Å². The van der Waals surface area contributed by atoms with Gasteiger partial charge in [-0.2, -0.15) is 4.31 Å². The minimum Gasteiger partial charge on any atom is -0.336 e. The van der Waals surface area contributed by atoms with E-state index in [1.807, 2.05) is 31.2 Å². The number of nitro benzene ring substituents is 1. The maximum atomic E-state index is 13.1. The Morgan fingerprint density at radius 2 is 1.71 bits per heavy atom. The van der Waals surface area contributed by atoms with Gasteiger partial charge in [0.1, 0.15) is 5.56 Å². The molecule has 11 heteroatoms. The molecule has 0 bridgehead atoms. The fraction of sp³-hybridized carbons (Fsp3) is 0.250. The van der Waals surface area contributed by atoms with Crippen LogP contribution in [-0.4, -0.2) is 59.2 Å². The number of pyridine rings is 1. The summed E-state index contributed by atoms with van der Waals surface area (Å²) in [5, 5.41) is 11.0. The minimum atomic E-state index is -3.96. The minimum absolute atomic E-state index is 0.0150. The lowest BCUT2D eigenvalue weighted by atomic mass is 10.1. The highest BCUT2D eigenvalue weighted by Crippen LogP contribution is 2.22. The van der Waals surface area contributed by atoms with Crippen LogP contribution in [0.15, 0.2) is 76.6 Å². The normalized spacial score (nSPS) is 14.6. The summed E-state index contributed by atoms with van der Waals surface area (Å²) < 4.78 is 28.6. The molecule has 0 aliphatic carbocycles. The average Bonchev–Trinajstić information content (AvgIpc) is 2.85. The van der Waals surface area contributed by atoms with Crippen molar-refractivity contribution in [2.45, 2.75) is 18.4 Å². The zero-order valence-electron chi connectivity index (χ0n) is 19.0. The lowest BCUT2D eigenvalue weighted by Gasteiger charge is -2.34. The number of rotatable bonds is 6. The molecule has 1 aliphatic heterocycles. The Morgan fingerprint density at radius 3 is 2.40 bits per heavy atom. The smallest absolute Gasteiger partial charge is 0.270 e. The largest absolute Gasteiger partial charge is 0.336 e. The van der Waals surface area contributed by atoms with E-state index in [0.29, 0.717) is 6.54 Å². The van der Waals surface area contributed by atoms with E-state index in [2.05, 4.69) is 0 Å². The number of piperazine rings is 1. The highest BCUT2D eigenvalue weighted by molar-refractivity contribution is 7.89. The number of nitro groups is 1. The summed E-state index contributed by atoms with van der Waals surface area (Å²) in [6.45, 7) is 2.52. The number of carbonyl (C=O) groups is 1. The van der Waals surface area contributed by atoms with Crippen LogP contribution in [0.2, 0.25) is 0 Å². The van der Waals surface area contributed by atoms with Gasteiger partial charge in [0.2, 0.25) is 10.0 Å². The lowest BCUT2D eigenvalue weighted by Crippen LogP contribution is -2.51. The zero-order valence-corrected chi connectivity index (χ0v) is 19.8. The van der Waals surface area contributed by atoms with Gasteiger partial charge in [-0.05, 0) is 30.7 Å². The number of hydrogen-bond acceptors (Lipinski definition) is 6. The van der Waals surface area contributed by atoms with Gasteiger partial charge in [0, 0.05) is 44.5 Å². The summed E-state index contributed by atoms with van der Waals surface area (Å²) in [7, 11) is -3.96. The van der Waals surface area contributed by atoms with Gasteiger partial charge in [-0.3, -0.25) is 19.7 Å². The molecule has 35 heavy (non-hydrogen) atoms. The molecule has 182 valence electrons. The Hall–Kier alpha value is -3.83. The lowest BCUT2D eigenvalue weighted by molar-refractivity contribution is -0.385. The predicted octanol–water partition coefficient (Wildman–Crippen LogP) is 2.26. The maximum Gasteiger partial charge on any atom is 0.270 e. The molecule has 1 fully saturated rings. The van der Waals surface area contributed by atoms with Crippen LogP contribution in [0, 0.1) is 17.0 Å². The summed E-state index contributed by atoms with van der Waals surface area (Å²) in [6, 6.07) is 15.8. The number of amides is 1. The summed E-state index contributed by atoms with van der Waals surface area (Å²) in [6.07, 6.45) is 1.63. The number of benzene rings is 2. The summed E-state index contributed by atoms with van der Waals surface area (Å²) in [4.78, 5) is 37.7. The molecule has 4 rings (SSSR count). The number of nitrogens with zero attached hydrogens (tertiary/aromatic N) is 4. The Labute approximate surface area is 202 Å². The van der Waals surface area contributed by atoms with Gasteiger partial charge in [0.05, 0.1) is 16.4 Å². The molecule has 0 spiro atoms. The Morgan fingerprint density at radius 1 is 1.00 bits per heavy atom. The van der Waals surface area contributed by atoms with Crippen molar-refractivity contribution in [1.29, 1.82) is 0 Å². The van der Waals surface area contributed by atoms with Gasteiger partial charge >= 0.3 is 0 Å². The predicted molar refractivity (Wildman–Crippen MR) is 129 cm³/mol. The molecule has 0 radical (unpaired) electrons. The van der Waals surface area contributed by atoms with Gasteiger partial charge in [0.15, 0.2) is 0 Å². The van der Waals surface area contributed by atoms with Gasteiger partial charge in [-0.1, -0.05) is 35.9 Å². The number of carbonyl (C=O) groups excluding carboxylic acids is 1. The van der Waals surface area contributed by atoms with Crippen molar-refractivity contribution >= 4 is 21.6 Å². The van der Waals surface area contributed by atoms with Gasteiger partial charge < -0.3 is 9.47 Å². The number of hydrogen-bond donors (Lipinski definition) is 0. The topological polar surface area (TPSA) is 123 Å². The zero-order chi connectivity index (χ0) is 25.2. The number of sulfonamides is 1. The van der Waals surface area contributed by atoms with E-state index in [4.69, 9.17) is 0 Å². The van der Waals surface area contributed by atoms with Crippen molar-refractivity contribution in [3.05, 3.63) is 104 Å². The third-order valence-corrected chi connectivity index (χ3v) is 7.77.